The summed E-state index contributed by atoms with van der Waals surface area (Å²) in [5.74, 6) is 0. The van der Waals surface area contributed by atoms with E-state index in [1.165, 1.54) is 16.8 Å². The highest BCUT2D eigenvalue weighted by atomic mass is 16.6. The van der Waals surface area contributed by atoms with E-state index in [1.807, 2.05) is 0 Å². The molecule has 1 aliphatic rings. The minimum absolute atomic E-state index is 0.123. The Balaban J connectivity index is 2.41. The fourth-order valence-corrected chi connectivity index (χ4v) is 2.13. The van der Waals surface area contributed by atoms with Gasteiger partial charge in [0.1, 0.15) is 11.8 Å². The van der Waals surface area contributed by atoms with Crippen molar-refractivity contribution in [3.63, 3.8) is 0 Å². The number of aromatic amines is 1. The van der Waals surface area contributed by atoms with Crippen molar-refractivity contribution < 1.29 is 14.9 Å². The number of nitrogens with one attached hydrogen (secondary N) is 1. The van der Waals surface area contributed by atoms with Crippen molar-refractivity contribution in [3.8, 4) is 0 Å². The molecule has 3 atom stereocenters. The van der Waals surface area contributed by atoms with Crippen LogP contribution in [0.5, 0.6) is 0 Å². The van der Waals surface area contributed by atoms with Crippen LogP contribution in [0.2, 0.25) is 0 Å². The number of hydrogen-bond donors (Lipinski definition) is 3. The highest BCUT2D eigenvalue weighted by Crippen LogP contribution is 2.36. The van der Waals surface area contributed by atoms with Crippen LogP contribution >= 0.6 is 0 Å². The lowest BCUT2D eigenvalue weighted by Gasteiger charge is -2.26. The summed E-state index contributed by atoms with van der Waals surface area (Å²) in [6, 6.07) is 0. The number of nitrogens with zero attached hydrogens (tertiary/aromatic N) is 1. The Bertz CT molecular complexity index is 605. The van der Waals surface area contributed by atoms with E-state index in [2.05, 4.69) is 11.6 Å². The van der Waals surface area contributed by atoms with Crippen LogP contribution in [0.1, 0.15) is 18.2 Å². The maximum absolute atomic E-state index is 11.7. The number of rotatable bonds is 3. The molecule has 0 bridgehead atoms. The normalized spacial score (nSPS) is 30.5. The van der Waals surface area contributed by atoms with E-state index in [0.717, 1.165) is 0 Å². The van der Waals surface area contributed by atoms with Gasteiger partial charge in [0.15, 0.2) is 0 Å². The van der Waals surface area contributed by atoms with Crippen molar-refractivity contribution in [2.24, 2.45) is 0 Å². The first kappa shape index (κ1) is 13.7. The summed E-state index contributed by atoms with van der Waals surface area (Å²) in [4.78, 5) is 25.2. The zero-order valence-electron chi connectivity index (χ0n) is 10.5. The van der Waals surface area contributed by atoms with Gasteiger partial charge in [-0.3, -0.25) is 14.3 Å². The Hall–Kier alpha value is -1.70. The standard InChI is InChI=1S/C12H16N2O5/c1-3-12(6-15)8(16)4-9(19-12)14-5-7(2)10(17)13-11(14)18/h3,5,8-9,15-16H,1,4,6H2,2H3,(H,13,17,18)/t8-,9-,12+/m0/s1. The van der Waals surface area contributed by atoms with Gasteiger partial charge < -0.3 is 14.9 Å². The molecule has 1 aromatic heterocycles. The van der Waals surface area contributed by atoms with E-state index in [4.69, 9.17) is 4.74 Å². The third kappa shape index (κ3) is 2.16. The molecule has 1 aliphatic heterocycles. The Labute approximate surface area is 108 Å². The van der Waals surface area contributed by atoms with E-state index < -0.39 is 35.8 Å². The van der Waals surface area contributed by atoms with E-state index in [0.29, 0.717) is 5.56 Å². The van der Waals surface area contributed by atoms with Gasteiger partial charge in [-0.2, -0.15) is 0 Å². The van der Waals surface area contributed by atoms with Gasteiger partial charge in [0.2, 0.25) is 0 Å². The maximum atomic E-state index is 11.7. The molecular weight excluding hydrogens is 252 g/mol. The van der Waals surface area contributed by atoms with E-state index in [-0.39, 0.29) is 6.42 Å². The smallest absolute Gasteiger partial charge is 0.330 e. The lowest BCUT2D eigenvalue weighted by atomic mass is 9.98. The quantitative estimate of drug-likeness (QED) is 0.613. The molecular formula is C12H16N2O5. The second kappa shape index (κ2) is 4.76. The molecule has 7 nitrogen and oxygen atoms in total. The minimum Gasteiger partial charge on any atom is -0.393 e. The predicted molar refractivity (Wildman–Crippen MR) is 66.8 cm³/mol. The molecule has 1 saturated heterocycles. The lowest BCUT2D eigenvalue weighted by Crippen LogP contribution is -2.41. The molecule has 0 aromatic carbocycles. The van der Waals surface area contributed by atoms with E-state index >= 15 is 0 Å². The molecule has 1 fully saturated rings. The summed E-state index contributed by atoms with van der Waals surface area (Å²) < 4.78 is 6.74. The molecule has 2 rings (SSSR count). The number of H-pyrrole nitrogens is 1. The molecule has 0 aliphatic carbocycles. The van der Waals surface area contributed by atoms with Crippen LogP contribution in [-0.2, 0) is 4.74 Å². The van der Waals surface area contributed by atoms with Crippen LogP contribution in [0, 0.1) is 6.92 Å². The molecule has 1 aromatic rings. The first-order valence-corrected chi connectivity index (χ1v) is 5.86. The predicted octanol–water partition coefficient (Wildman–Crippen LogP) is -0.958. The van der Waals surface area contributed by atoms with Gasteiger partial charge in [0.05, 0.1) is 12.7 Å². The topological polar surface area (TPSA) is 105 Å². The number of ether oxygens (including phenoxy) is 1. The van der Waals surface area contributed by atoms with E-state index in [1.54, 1.807) is 6.92 Å². The molecule has 2 heterocycles. The molecule has 3 N–H and O–H groups in total. The molecule has 0 unspecified atom stereocenters. The monoisotopic (exact) mass is 268 g/mol. The van der Waals surface area contributed by atoms with Gasteiger partial charge in [0, 0.05) is 18.2 Å². The SMILES string of the molecule is C=C[C@]1(CO)O[C@H](n2cc(C)c(=O)[nH]c2=O)C[C@@H]1O. The zero-order valence-corrected chi connectivity index (χ0v) is 10.5. The van der Waals surface area contributed by atoms with Gasteiger partial charge in [-0.15, -0.1) is 6.58 Å². The summed E-state index contributed by atoms with van der Waals surface area (Å²) in [6.45, 7) is 4.65. The summed E-state index contributed by atoms with van der Waals surface area (Å²) in [7, 11) is 0. The number of aromatic nitrogens is 2. The van der Waals surface area contributed by atoms with Crippen molar-refractivity contribution in [1.29, 1.82) is 0 Å². The lowest BCUT2D eigenvalue weighted by molar-refractivity contribution is -0.0974. The van der Waals surface area contributed by atoms with Crippen LogP contribution in [0.15, 0.2) is 28.4 Å². The second-order valence-electron chi connectivity index (χ2n) is 4.62. The highest BCUT2D eigenvalue weighted by molar-refractivity contribution is 5.08. The summed E-state index contributed by atoms with van der Waals surface area (Å²) in [5.41, 5.74) is -2.01. The maximum Gasteiger partial charge on any atom is 0.330 e. The Morgan fingerprint density at radius 2 is 2.37 bits per heavy atom. The largest absolute Gasteiger partial charge is 0.393 e. The molecule has 104 valence electrons. The number of aryl methyl sites for hydroxylation is 1. The van der Waals surface area contributed by atoms with Gasteiger partial charge in [0.25, 0.3) is 5.56 Å². The third-order valence-electron chi connectivity index (χ3n) is 3.39. The Morgan fingerprint density at radius 3 is 2.89 bits per heavy atom. The molecule has 0 spiro atoms. The summed E-state index contributed by atoms with van der Waals surface area (Å²) in [6.07, 6.45) is 1.08. The van der Waals surface area contributed by atoms with Gasteiger partial charge >= 0.3 is 5.69 Å². The number of hydrogen-bond acceptors (Lipinski definition) is 5. The second-order valence-corrected chi connectivity index (χ2v) is 4.62. The molecule has 0 radical (unpaired) electrons. The Kier molecular flexibility index (Phi) is 3.44. The number of aliphatic hydroxyl groups is 2. The van der Waals surface area contributed by atoms with Crippen LogP contribution in [0.3, 0.4) is 0 Å². The van der Waals surface area contributed by atoms with Crippen molar-refractivity contribution in [3.05, 3.63) is 45.3 Å². The van der Waals surface area contributed by atoms with Crippen molar-refractivity contribution in [1.82, 2.24) is 9.55 Å². The van der Waals surface area contributed by atoms with Gasteiger partial charge in [-0.25, -0.2) is 4.79 Å². The first-order chi connectivity index (χ1) is 8.93. The molecule has 19 heavy (non-hydrogen) atoms. The highest BCUT2D eigenvalue weighted by Gasteiger charge is 2.46. The van der Waals surface area contributed by atoms with Crippen molar-refractivity contribution in [2.75, 3.05) is 6.61 Å². The van der Waals surface area contributed by atoms with Crippen molar-refractivity contribution >= 4 is 0 Å². The summed E-state index contributed by atoms with van der Waals surface area (Å²) in [5, 5.41) is 19.3. The average Bonchev–Trinajstić information content (AvgIpc) is 2.71. The Morgan fingerprint density at radius 1 is 1.68 bits per heavy atom. The molecule has 0 saturated carbocycles. The first-order valence-electron chi connectivity index (χ1n) is 5.86. The van der Waals surface area contributed by atoms with Gasteiger partial charge in [-0.1, -0.05) is 6.08 Å². The number of aliphatic hydroxyl groups excluding tert-OH is 2. The fourth-order valence-electron chi connectivity index (χ4n) is 2.13. The van der Waals surface area contributed by atoms with Crippen LogP contribution in [0.4, 0.5) is 0 Å². The van der Waals surface area contributed by atoms with Crippen molar-refractivity contribution in [2.45, 2.75) is 31.3 Å². The molecule has 7 heteroatoms. The summed E-state index contributed by atoms with van der Waals surface area (Å²) >= 11 is 0. The van der Waals surface area contributed by atoms with E-state index in [9.17, 15) is 19.8 Å². The van der Waals surface area contributed by atoms with Gasteiger partial charge in [-0.05, 0) is 6.92 Å². The minimum atomic E-state index is -1.28. The van der Waals surface area contributed by atoms with Crippen LogP contribution in [-0.4, -0.2) is 38.1 Å². The van der Waals surface area contributed by atoms with Crippen LogP contribution in [0.25, 0.3) is 0 Å². The molecule has 0 amide bonds. The fraction of sp³-hybridized carbons (Fsp3) is 0.500. The average molecular weight is 268 g/mol. The zero-order chi connectivity index (χ0) is 14.2. The van der Waals surface area contributed by atoms with Crippen LogP contribution < -0.4 is 11.2 Å². The third-order valence-corrected chi connectivity index (χ3v) is 3.39.